The van der Waals surface area contributed by atoms with E-state index >= 15 is 0 Å². The molecule has 1 heterocycles. The molecule has 10 rings (SSSR count). The Balaban J connectivity index is 1.23. The van der Waals surface area contributed by atoms with Crippen molar-refractivity contribution in [3.05, 3.63) is 199 Å². The fourth-order valence-corrected chi connectivity index (χ4v) is 8.48. The minimum absolute atomic E-state index is 0.126. The lowest BCUT2D eigenvalue weighted by molar-refractivity contribution is 0.660. The van der Waals surface area contributed by atoms with Crippen molar-refractivity contribution in [3.63, 3.8) is 0 Å². The molecule has 1 aliphatic carbocycles. The maximum absolute atomic E-state index is 6.50. The minimum Gasteiger partial charge on any atom is -0.456 e. The molecule has 1 aromatic heterocycles. The van der Waals surface area contributed by atoms with Crippen LogP contribution < -0.4 is 4.90 Å². The van der Waals surface area contributed by atoms with Gasteiger partial charge in [-0.2, -0.15) is 0 Å². The third-order valence-electron chi connectivity index (χ3n) is 11.1. The molecule has 0 unspecified atom stereocenters. The third kappa shape index (κ3) is 5.10. The van der Waals surface area contributed by atoms with E-state index < -0.39 is 0 Å². The predicted octanol–water partition coefficient (Wildman–Crippen LogP) is 14.4. The van der Waals surface area contributed by atoms with Crippen molar-refractivity contribution in [2.24, 2.45) is 0 Å². The zero-order chi connectivity index (χ0) is 35.5. The molecule has 2 nitrogen and oxygen atoms in total. The van der Waals surface area contributed by atoms with Gasteiger partial charge < -0.3 is 9.32 Å². The van der Waals surface area contributed by atoms with E-state index in [2.05, 4.69) is 195 Å². The van der Waals surface area contributed by atoms with Crippen LogP contribution >= 0.6 is 0 Å². The lowest BCUT2D eigenvalue weighted by atomic mass is 9.82. The SMILES string of the molecule is CC1(C)c2ccccc2-c2ccc(N(c3ccccc3)c3cccc(-c4cccc(-c5ccccc5)c4)c3-c3ccc4c(c3)oc3ccccc34)cc21. The van der Waals surface area contributed by atoms with Crippen LogP contribution in [0.25, 0.3) is 66.4 Å². The normalized spacial score (nSPS) is 12.9. The number of rotatable bonds is 6. The summed E-state index contributed by atoms with van der Waals surface area (Å²) in [6, 6.07) is 67.9. The monoisotopic (exact) mass is 679 g/mol. The average Bonchev–Trinajstić information content (AvgIpc) is 3.70. The van der Waals surface area contributed by atoms with Crippen LogP contribution in [0.3, 0.4) is 0 Å². The van der Waals surface area contributed by atoms with Crippen molar-refractivity contribution in [2.75, 3.05) is 4.90 Å². The van der Waals surface area contributed by atoms with E-state index in [-0.39, 0.29) is 5.41 Å². The Labute approximate surface area is 310 Å². The summed E-state index contributed by atoms with van der Waals surface area (Å²) >= 11 is 0. The number of hydrogen-bond acceptors (Lipinski definition) is 2. The van der Waals surface area contributed by atoms with Gasteiger partial charge in [-0.05, 0) is 105 Å². The van der Waals surface area contributed by atoms with Crippen LogP contribution in [0.4, 0.5) is 17.1 Å². The van der Waals surface area contributed by atoms with Gasteiger partial charge in [0, 0.05) is 33.1 Å². The van der Waals surface area contributed by atoms with E-state index in [4.69, 9.17) is 4.42 Å². The molecule has 0 atom stereocenters. The first-order valence-corrected chi connectivity index (χ1v) is 18.3. The van der Waals surface area contributed by atoms with Gasteiger partial charge in [0.2, 0.25) is 0 Å². The summed E-state index contributed by atoms with van der Waals surface area (Å²) in [4.78, 5) is 2.43. The summed E-state index contributed by atoms with van der Waals surface area (Å²) in [5.74, 6) is 0. The smallest absolute Gasteiger partial charge is 0.136 e. The first kappa shape index (κ1) is 31.1. The molecule has 0 N–H and O–H groups in total. The van der Waals surface area contributed by atoms with Crippen LogP contribution in [0.15, 0.2) is 192 Å². The summed E-state index contributed by atoms with van der Waals surface area (Å²) in [7, 11) is 0. The highest BCUT2D eigenvalue weighted by atomic mass is 16.3. The number of para-hydroxylation sites is 2. The Kier molecular flexibility index (Phi) is 7.19. The molecular formula is C51H37NO. The maximum Gasteiger partial charge on any atom is 0.136 e. The van der Waals surface area contributed by atoms with Crippen molar-refractivity contribution in [2.45, 2.75) is 19.3 Å². The van der Waals surface area contributed by atoms with Gasteiger partial charge >= 0.3 is 0 Å². The lowest BCUT2D eigenvalue weighted by Gasteiger charge is -2.30. The molecular weight excluding hydrogens is 643 g/mol. The molecule has 0 spiro atoms. The molecule has 0 amide bonds. The van der Waals surface area contributed by atoms with Gasteiger partial charge in [0.15, 0.2) is 0 Å². The van der Waals surface area contributed by atoms with E-state index in [9.17, 15) is 0 Å². The van der Waals surface area contributed by atoms with Crippen LogP contribution in [0.2, 0.25) is 0 Å². The largest absolute Gasteiger partial charge is 0.456 e. The maximum atomic E-state index is 6.50. The summed E-state index contributed by atoms with van der Waals surface area (Å²) in [6.07, 6.45) is 0. The number of fused-ring (bicyclic) bond motifs is 6. The highest BCUT2D eigenvalue weighted by molar-refractivity contribution is 6.07. The average molecular weight is 680 g/mol. The molecule has 0 saturated carbocycles. The summed E-state index contributed by atoms with van der Waals surface area (Å²) in [6.45, 7) is 4.70. The molecule has 252 valence electrons. The van der Waals surface area contributed by atoms with E-state index in [1.165, 1.54) is 33.4 Å². The van der Waals surface area contributed by atoms with Crippen LogP contribution in [-0.4, -0.2) is 0 Å². The van der Waals surface area contributed by atoms with Crippen LogP contribution in [-0.2, 0) is 5.41 Å². The Morgan fingerprint density at radius 1 is 0.396 bits per heavy atom. The predicted molar refractivity (Wildman–Crippen MR) is 222 cm³/mol. The van der Waals surface area contributed by atoms with Gasteiger partial charge in [-0.15, -0.1) is 0 Å². The summed E-state index contributed by atoms with van der Waals surface area (Å²) < 4.78 is 6.50. The molecule has 0 saturated heterocycles. The Hall–Kier alpha value is -6.64. The fraction of sp³-hybridized carbons (Fsp3) is 0.0588. The molecule has 9 aromatic rings. The Bertz CT molecular complexity index is 2810. The summed E-state index contributed by atoms with van der Waals surface area (Å²) in [5, 5.41) is 2.25. The molecule has 0 radical (unpaired) electrons. The standard InChI is InChI=1S/C51H37NO/c1-51(2)45-24-11-9-21-41(45)42-30-28-39(33-46(42)51)52(38-19-7-4-8-20-38)47-25-14-23-40(36-18-13-17-35(31-36)34-15-5-3-6-16-34)50(47)37-27-29-44-43-22-10-12-26-48(43)53-49(44)32-37/h3-33H,1-2H3. The molecule has 0 bridgehead atoms. The Morgan fingerprint density at radius 2 is 1.06 bits per heavy atom. The van der Waals surface area contributed by atoms with Gasteiger partial charge in [-0.25, -0.2) is 0 Å². The lowest BCUT2D eigenvalue weighted by Crippen LogP contribution is -2.17. The number of benzene rings is 8. The van der Waals surface area contributed by atoms with Crippen LogP contribution in [0.1, 0.15) is 25.0 Å². The second-order valence-corrected chi connectivity index (χ2v) is 14.5. The molecule has 53 heavy (non-hydrogen) atoms. The highest BCUT2D eigenvalue weighted by Crippen LogP contribution is 2.52. The van der Waals surface area contributed by atoms with Gasteiger partial charge in [-0.1, -0.05) is 147 Å². The van der Waals surface area contributed by atoms with Crippen molar-refractivity contribution in [3.8, 4) is 44.5 Å². The van der Waals surface area contributed by atoms with Crippen LogP contribution in [0.5, 0.6) is 0 Å². The van der Waals surface area contributed by atoms with Crippen LogP contribution in [0, 0.1) is 0 Å². The first-order chi connectivity index (χ1) is 26.0. The quantitative estimate of drug-likeness (QED) is 0.174. The highest BCUT2D eigenvalue weighted by Gasteiger charge is 2.36. The van der Waals surface area contributed by atoms with Crippen molar-refractivity contribution < 1.29 is 4.42 Å². The molecule has 2 heteroatoms. The topological polar surface area (TPSA) is 16.4 Å². The van der Waals surface area contributed by atoms with Crippen molar-refractivity contribution in [1.82, 2.24) is 0 Å². The fourth-order valence-electron chi connectivity index (χ4n) is 8.48. The van der Waals surface area contributed by atoms with E-state index in [0.717, 1.165) is 61.3 Å². The van der Waals surface area contributed by atoms with E-state index in [0.29, 0.717) is 0 Å². The van der Waals surface area contributed by atoms with Crippen molar-refractivity contribution >= 4 is 39.0 Å². The number of nitrogens with zero attached hydrogens (tertiary/aromatic N) is 1. The van der Waals surface area contributed by atoms with Crippen molar-refractivity contribution in [1.29, 1.82) is 0 Å². The first-order valence-electron chi connectivity index (χ1n) is 18.3. The third-order valence-corrected chi connectivity index (χ3v) is 11.1. The molecule has 0 fully saturated rings. The zero-order valence-electron chi connectivity index (χ0n) is 29.8. The Morgan fingerprint density at radius 3 is 1.92 bits per heavy atom. The molecule has 8 aromatic carbocycles. The van der Waals surface area contributed by atoms with Gasteiger partial charge in [0.25, 0.3) is 0 Å². The second kappa shape index (κ2) is 12.3. The van der Waals surface area contributed by atoms with Gasteiger partial charge in [-0.3, -0.25) is 0 Å². The molecule has 1 aliphatic rings. The van der Waals surface area contributed by atoms with E-state index in [1.54, 1.807) is 0 Å². The van der Waals surface area contributed by atoms with Gasteiger partial charge in [0.05, 0.1) is 5.69 Å². The number of anilines is 3. The molecule has 0 aliphatic heterocycles. The summed E-state index contributed by atoms with van der Waals surface area (Å²) in [5.41, 5.74) is 17.3. The van der Waals surface area contributed by atoms with E-state index in [1.807, 2.05) is 12.1 Å². The zero-order valence-corrected chi connectivity index (χ0v) is 29.8. The second-order valence-electron chi connectivity index (χ2n) is 14.5. The number of hydrogen-bond donors (Lipinski definition) is 0. The van der Waals surface area contributed by atoms with Gasteiger partial charge in [0.1, 0.15) is 11.2 Å². The minimum atomic E-state index is -0.126. The number of furan rings is 1.